The van der Waals surface area contributed by atoms with Crippen molar-refractivity contribution in [1.82, 2.24) is 0 Å². The molecule has 2 rings (SSSR count). The Morgan fingerprint density at radius 3 is 2.33 bits per heavy atom. The molecule has 0 aliphatic carbocycles. The van der Waals surface area contributed by atoms with Crippen LogP contribution in [0.15, 0.2) is 48.5 Å². The van der Waals surface area contributed by atoms with E-state index in [0.29, 0.717) is 0 Å². The van der Waals surface area contributed by atoms with Gasteiger partial charge in [-0.2, -0.15) is 0 Å². The summed E-state index contributed by atoms with van der Waals surface area (Å²) in [6, 6.07) is 16.1. The van der Waals surface area contributed by atoms with Gasteiger partial charge in [0.1, 0.15) is 11.5 Å². The lowest BCUT2D eigenvalue weighted by Crippen LogP contribution is -2.08. The number of ether oxygens (including phenoxy) is 1. The number of hydrogen-bond donors (Lipinski definition) is 1. The second kappa shape index (κ2) is 5.69. The third-order valence-electron chi connectivity index (χ3n) is 3.07. The fourth-order valence-corrected chi connectivity index (χ4v) is 1.82. The van der Waals surface area contributed by atoms with Crippen molar-refractivity contribution >= 4 is 0 Å². The van der Waals surface area contributed by atoms with Crippen LogP contribution in [0.25, 0.3) is 0 Å². The van der Waals surface area contributed by atoms with Gasteiger partial charge in [0.05, 0.1) is 0 Å². The highest BCUT2D eigenvalue weighted by Crippen LogP contribution is 2.25. The van der Waals surface area contributed by atoms with Crippen molar-refractivity contribution in [2.75, 3.05) is 0 Å². The quantitative estimate of drug-likeness (QED) is 0.870. The van der Waals surface area contributed by atoms with Crippen molar-refractivity contribution in [2.24, 2.45) is 5.73 Å². The summed E-state index contributed by atoms with van der Waals surface area (Å²) in [7, 11) is 0. The molecule has 2 aromatic carbocycles. The average Bonchev–Trinajstić information content (AvgIpc) is 2.41. The zero-order valence-electron chi connectivity index (χ0n) is 10.9. The number of para-hydroxylation sites is 1. The fourth-order valence-electron chi connectivity index (χ4n) is 1.82. The molecule has 0 saturated carbocycles. The third-order valence-corrected chi connectivity index (χ3v) is 3.07. The van der Waals surface area contributed by atoms with E-state index in [-0.39, 0.29) is 6.04 Å². The van der Waals surface area contributed by atoms with Gasteiger partial charge in [-0.05, 0) is 42.7 Å². The normalized spacial score (nSPS) is 12.2. The second-order valence-electron chi connectivity index (χ2n) is 4.45. The molecule has 0 aromatic heterocycles. The number of rotatable bonds is 4. The van der Waals surface area contributed by atoms with Crippen molar-refractivity contribution < 1.29 is 4.74 Å². The first-order valence-corrected chi connectivity index (χ1v) is 6.29. The molecule has 0 spiro atoms. The summed E-state index contributed by atoms with van der Waals surface area (Å²) in [5.41, 5.74) is 8.26. The van der Waals surface area contributed by atoms with Gasteiger partial charge in [0.2, 0.25) is 0 Å². The number of hydrogen-bond acceptors (Lipinski definition) is 2. The second-order valence-corrected chi connectivity index (χ2v) is 4.45. The molecule has 2 heteroatoms. The van der Waals surface area contributed by atoms with Crippen LogP contribution in [-0.4, -0.2) is 0 Å². The Balaban J connectivity index is 2.14. The van der Waals surface area contributed by atoms with Crippen LogP contribution in [0, 0.1) is 6.92 Å². The Labute approximate surface area is 108 Å². The van der Waals surface area contributed by atoms with Crippen molar-refractivity contribution in [3.8, 4) is 11.5 Å². The smallest absolute Gasteiger partial charge is 0.130 e. The zero-order chi connectivity index (χ0) is 13.0. The predicted molar refractivity (Wildman–Crippen MR) is 74.9 cm³/mol. The monoisotopic (exact) mass is 241 g/mol. The summed E-state index contributed by atoms with van der Waals surface area (Å²) in [6.45, 7) is 4.12. The van der Waals surface area contributed by atoms with Crippen LogP contribution < -0.4 is 10.5 Å². The first kappa shape index (κ1) is 12.7. The summed E-state index contributed by atoms with van der Waals surface area (Å²) in [5, 5.41) is 0. The number of nitrogens with two attached hydrogens (primary N) is 1. The summed E-state index contributed by atoms with van der Waals surface area (Å²) in [4.78, 5) is 0. The minimum absolute atomic E-state index is 0.109. The Hall–Kier alpha value is -1.80. The molecule has 0 radical (unpaired) electrons. The lowest BCUT2D eigenvalue weighted by Gasteiger charge is -2.11. The molecular formula is C16H19NO. The van der Waals surface area contributed by atoms with Crippen LogP contribution in [0.1, 0.15) is 30.5 Å². The van der Waals surface area contributed by atoms with E-state index in [1.54, 1.807) is 0 Å². The van der Waals surface area contributed by atoms with Crippen LogP contribution >= 0.6 is 0 Å². The topological polar surface area (TPSA) is 35.2 Å². The van der Waals surface area contributed by atoms with E-state index in [1.165, 1.54) is 0 Å². The first-order chi connectivity index (χ1) is 8.70. The molecule has 2 aromatic rings. The molecule has 94 valence electrons. The van der Waals surface area contributed by atoms with Crippen molar-refractivity contribution in [3.05, 3.63) is 59.7 Å². The lowest BCUT2D eigenvalue weighted by molar-refractivity contribution is 0.478. The van der Waals surface area contributed by atoms with Gasteiger partial charge < -0.3 is 10.5 Å². The molecule has 0 bridgehead atoms. The maximum absolute atomic E-state index is 5.98. The molecule has 0 saturated heterocycles. The molecular weight excluding hydrogens is 222 g/mol. The van der Waals surface area contributed by atoms with Gasteiger partial charge in [-0.25, -0.2) is 0 Å². The Morgan fingerprint density at radius 2 is 1.72 bits per heavy atom. The molecule has 0 unspecified atom stereocenters. The van der Waals surface area contributed by atoms with Gasteiger partial charge in [0.25, 0.3) is 0 Å². The van der Waals surface area contributed by atoms with E-state index >= 15 is 0 Å². The summed E-state index contributed by atoms with van der Waals surface area (Å²) in [5.74, 6) is 1.74. The van der Waals surface area contributed by atoms with E-state index in [0.717, 1.165) is 29.0 Å². The van der Waals surface area contributed by atoms with Gasteiger partial charge in [-0.15, -0.1) is 0 Å². The molecule has 0 aliphatic rings. The first-order valence-electron chi connectivity index (χ1n) is 6.29. The Morgan fingerprint density at radius 1 is 1.06 bits per heavy atom. The lowest BCUT2D eigenvalue weighted by atomic mass is 10.1. The van der Waals surface area contributed by atoms with E-state index in [9.17, 15) is 0 Å². The number of aryl methyl sites for hydroxylation is 1. The maximum Gasteiger partial charge on any atom is 0.130 e. The molecule has 2 N–H and O–H groups in total. The predicted octanol–water partition coefficient (Wildman–Crippen LogP) is 4.20. The van der Waals surface area contributed by atoms with E-state index in [1.807, 2.05) is 55.5 Å². The average molecular weight is 241 g/mol. The van der Waals surface area contributed by atoms with Gasteiger partial charge in [-0.1, -0.05) is 37.3 Å². The van der Waals surface area contributed by atoms with E-state index in [2.05, 4.69) is 6.92 Å². The van der Waals surface area contributed by atoms with E-state index in [4.69, 9.17) is 10.5 Å². The molecule has 0 heterocycles. The van der Waals surface area contributed by atoms with Crippen molar-refractivity contribution in [2.45, 2.75) is 26.3 Å². The van der Waals surface area contributed by atoms with Crippen LogP contribution in [0.2, 0.25) is 0 Å². The standard InChI is InChI=1S/C16H19NO/c1-3-15(17)13-8-10-14(11-9-13)18-16-7-5-4-6-12(16)2/h4-11,15H,3,17H2,1-2H3/t15-/m1/s1. The highest BCUT2D eigenvalue weighted by molar-refractivity contribution is 5.38. The van der Waals surface area contributed by atoms with Gasteiger partial charge in [0.15, 0.2) is 0 Å². The zero-order valence-corrected chi connectivity index (χ0v) is 10.9. The summed E-state index contributed by atoms with van der Waals surface area (Å²) in [6.07, 6.45) is 0.942. The molecule has 0 fully saturated rings. The van der Waals surface area contributed by atoms with Gasteiger partial charge in [0, 0.05) is 6.04 Å². The highest BCUT2D eigenvalue weighted by Gasteiger charge is 2.04. The van der Waals surface area contributed by atoms with E-state index < -0.39 is 0 Å². The molecule has 2 nitrogen and oxygen atoms in total. The van der Waals surface area contributed by atoms with Crippen LogP contribution in [0.5, 0.6) is 11.5 Å². The Kier molecular flexibility index (Phi) is 4.00. The molecule has 0 aliphatic heterocycles. The molecule has 18 heavy (non-hydrogen) atoms. The van der Waals surface area contributed by atoms with Crippen molar-refractivity contribution in [3.63, 3.8) is 0 Å². The molecule has 0 amide bonds. The minimum Gasteiger partial charge on any atom is -0.457 e. The van der Waals surface area contributed by atoms with Gasteiger partial charge >= 0.3 is 0 Å². The third kappa shape index (κ3) is 2.90. The molecule has 1 atom stereocenters. The minimum atomic E-state index is 0.109. The highest BCUT2D eigenvalue weighted by atomic mass is 16.5. The SMILES string of the molecule is CC[C@@H](N)c1ccc(Oc2ccccc2C)cc1. The maximum atomic E-state index is 5.98. The largest absolute Gasteiger partial charge is 0.457 e. The van der Waals surface area contributed by atoms with Crippen molar-refractivity contribution in [1.29, 1.82) is 0 Å². The van der Waals surface area contributed by atoms with Crippen LogP contribution in [0.3, 0.4) is 0 Å². The van der Waals surface area contributed by atoms with Gasteiger partial charge in [-0.3, -0.25) is 0 Å². The summed E-state index contributed by atoms with van der Waals surface area (Å²) < 4.78 is 5.84. The number of benzene rings is 2. The fraction of sp³-hybridized carbons (Fsp3) is 0.250. The van der Waals surface area contributed by atoms with Crippen LogP contribution in [0.4, 0.5) is 0 Å². The summed E-state index contributed by atoms with van der Waals surface area (Å²) >= 11 is 0. The van der Waals surface area contributed by atoms with Crippen LogP contribution in [-0.2, 0) is 0 Å². The Bertz CT molecular complexity index is 505.